The molecule has 31 heavy (non-hydrogen) atoms. The molecular formula is C21H24F2N6O2. The Morgan fingerprint density at radius 1 is 1.16 bits per heavy atom. The molecule has 0 aliphatic heterocycles. The summed E-state index contributed by atoms with van der Waals surface area (Å²) >= 11 is 0. The number of nitrogens with zero attached hydrogens (tertiary/aromatic N) is 4. The zero-order chi connectivity index (χ0) is 22.1. The van der Waals surface area contributed by atoms with E-state index < -0.39 is 6.61 Å². The van der Waals surface area contributed by atoms with Crippen LogP contribution in [0, 0.1) is 0 Å². The second-order valence-corrected chi connectivity index (χ2v) is 6.41. The van der Waals surface area contributed by atoms with E-state index in [1.807, 2.05) is 31.2 Å². The molecule has 0 saturated heterocycles. The molecule has 0 aliphatic rings. The van der Waals surface area contributed by atoms with Crippen molar-refractivity contribution in [3.63, 3.8) is 0 Å². The summed E-state index contributed by atoms with van der Waals surface area (Å²) < 4.78 is 36.9. The van der Waals surface area contributed by atoms with Crippen LogP contribution in [0.5, 0.6) is 11.5 Å². The van der Waals surface area contributed by atoms with Crippen LogP contribution in [0.25, 0.3) is 5.69 Å². The molecule has 164 valence electrons. The molecule has 2 aromatic carbocycles. The van der Waals surface area contributed by atoms with Crippen molar-refractivity contribution in [2.75, 3.05) is 13.7 Å². The maximum absolute atomic E-state index is 12.7. The third-order valence-corrected chi connectivity index (χ3v) is 4.31. The van der Waals surface area contributed by atoms with Crippen LogP contribution in [0.3, 0.4) is 0 Å². The Morgan fingerprint density at radius 2 is 1.97 bits per heavy atom. The largest absolute Gasteiger partial charge is 0.497 e. The minimum Gasteiger partial charge on any atom is -0.497 e. The fraction of sp³-hybridized carbons (Fsp3) is 0.286. The number of rotatable bonds is 9. The third kappa shape index (κ3) is 6.39. The number of nitrogens with one attached hydrogen (secondary N) is 2. The minimum atomic E-state index is -2.91. The molecule has 0 saturated carbocycles. The number of hydrogen-bond acceptors (Lipinski definition) is 5. The van der Waals surface area contributed by atoms with Gasteiger partial charge >= 0.3 is 6.61 Å². The van der Waals surface area contributed by atoms with E-state index in [1.54, 1.807) is 23.1 Å². The van der Waals surface area contributed by atoms with Crippen molar-refractivity contribution in [1.29, 1.82) is 0 Å². The summed E-state index contributed by atoms with van der Waals surface area (Å²) in [5, 5.41) is 10.4. The van der Waals surface area contributed by atoms with Crippen molar-refractivity contribution in [1.82, 2.24) is 25.4 Å². The SMILES string of the molecule is CCNC(=NCc1ccc(-n2cncn2)cc1)NCc1cc(OC)ccc1OC(F)F. The van der Waals surface area contributed by atoms with Crippen LogP contribution in [-0.4, -0.2) is 41.0 Å². The number of aliphatic imine (C=N–C) groups is 1. The standard InChI is InChI=1S/C21H24F2N6O2/c1-3-25-21(26-11-15-4-6-17(7-5-15)29-14-24-13-28-29)27-12-16-10-18(30-2)8-9-19(16)31-20(22)23/h4-10,13-14,20H,3,11-12H2,1-2H3,(H2,25,26,27). The number of hydrogen-bond donors (Lipinski definition) is 2. The van der Waals surface area contributed by atoms with Gasteiger partial charge in [0.05, 0.1) is 19.3 Å². The minimum absolute atomic E-state index is 0.0860. The summed E-state index contributed by atoms with van der Waals surface area (Å²) in [4.78, 5) is 8.50. The topological polar surface area (TPSA) is 85.6 Å². The quantitative estimate of drug-likeness (QED) is 0.401. The fourth-order valence-corrected chi connectivity index (χ4v) is 2.82. The molecule has 1 heterocycles. The molecule has 0 fully saturated rings. The molecule has 0 bridgehead atoms. The summed E-state index contributed by atoms with van der Waals surface area (Å²) in [5.74, 6) is 1.18. The molecule has 2 N–H and O–H groups in total. The number of halogens is 2. The molecule has 0 amide bonds. The number of benzene rings is 2. The maximum Gasteiger partial charge on any atom is 0.387 e. The fourth-order valence-electron chi connectivity index (χ4n) is 2.82. The predicted octanol–water partition coefficient (Wildman–Crippen LogP) is 3.13. The summed E-state index contributed by atoms with van der Waals surface area (Å²) in [6, 6.07) is 12.5. The highest BCUT2D eigenvalue weighted by Gasteiger charge is 2.11. The second kappa shape index (κ2) is 10.9. The molecule has 0 radical (unpaired) electrons. The number of guanidine groups is 1. The Labute approximate surface area is 178 Å². The van der Waals surface area contributed by atoms with Crippen LogP contribution in [-0.2, 0) is 13.1 Å². The lowest BCUT2D eigenvalue weighted by Gasteiger charge is -2.15. The van der Waals surface area contributed by atoms with E-state index in [1.165, 1.54) is 19.5 Å². The van der Waals surface area contributed by atoms with Crippen LogP contribution in [0.2, 0.25) is 0 Å². The molecule has 8 nitrogen and oxygen atoms in total. The van der Waals surface area contributed by atoms with Crippen molar-refractivity contribution in [2.45, 2.75) is 26.6 Å². The molecule has 0 aliphatic carbocycles. The van der Waals surface area contributed by atoms with Crippen molar-refractivity contribution in [3.05, 3.63) is 66.2 Å². The second-order valence-electron chi connectivity index (χ2n) is 6.41. The average Bonchev–Trinajstić information content (AvgIpc) is 3.31. The maximum atomic E-state index is 12.7. The van der Waals surface area contributed by atoms with Gasteiger partial charge in [0.15, 0.2) is 5.96 Å². The van der Waals surface area contributed by atoms with Gasteiger partial charge in [-0.25, -0.2) is 14.7 Å². The van der Waals surface area contributed by atoms with Crippen LogP contribution in [0.4, 0.5) is 8.78 Å². The van der Waals surface area contributed by atoms with E-state index in [-0.39, 0.29) is 12.3 Å². The Hall–Kier alpha value is -3.69. The Balaban J connectivity index is 1.67. The van der Waals surface area contributed by atoms with E-state index in [2.05, 4.69) is 30.4 Å². The van der Waals surface area contributed by atoms with Gasteiger partial charge in [-0.3, -0.25) is 0 Å². The molecule has 0 spiro atoms. The number of alkyl halides is 2. The van der Waals surface area contributed by atoms with Crippen LogP contribution < -0.4 is 20.1 Å². The van der Waals surface area contributed by atoms with Gasteiger partial charge < -0.3 is 20.1 Å². The van der Waals surface area contributed by atoms with Gasteiger partial charge in [0, 0.05) is 18.7 Å². The molecule has 3 rings (SSSR count). The highest BCUT2D eigenvalue weighted by molar-refractivity contribution is 5.79. The highest BCUT2D eigenvalue weighted by Crippen LogP contribution is 2.25. The van der Waals surface area contributed by atoms with Crippen LogP contribution in [0.15, 0.2) is 60.1 Å². The molecule has 10 heteroatoms. The lowest BCUT2D eigenvalue weighted by molar-refractivity contribution is -0.0504. The third-order valence-electron chi connectivity index (χ3n) is 4.31. The molecular weight excluding hydrogens is 406 g/mol. The summed E-state index contributed by atoms with van der Waals surface area (Å²) in [6.45, 7) is 0.354. The Kier molecular flexibility index (Phi) is 7.74. The van der Waals surface area contributed by atoms with E-state index in [4.69, 9.17) is 4.74 Å². The lowest BCUT2D eigenvalue weighted by Crippen LogP contribution is -2.36. The first kappa shape index (κ1) is 22.0. The van der Waals surface area contributed by atoms with E-state index in [0.29, 0.717) is 30.4 Å². The summed E-state index contributed by atoms with van der Waals surface area (Å²) in [7, 11) is 1.51. The normalized spacial score (nSPS) is 11.5. The van der Waals surface area contributed by atoms with Crippen LogP contribution >= 0.6 is 0 Å². The van der Waals surface area contributed by atoms with E-state index in [0.717, 1.165) is 11.3 Å². The number of aromatic nitrogens is 3. The van der Waals surface area contributed by atoms with Gasteiger partial charge in [-0.15, -0.1) is 0 Å². The summed E-state index contributed by atoms with van der Waals surface area (Å²) in [5.41, 5.74) is 2.44. The average molecular weight is 430 g/mol. The molecule has 0 atom stereocenters. The van der Waals surface area contributed by atoms with Gasteiger partial charge in [-0.1, -0.05) is 12.1 Å². The van der Waals surface area contributed by atoms with Gasteiger partial charge in [0.2, 0.25) is 0 Å². The van der Waals surface area contributed by atoms with Crippen molar-refractivity contribution in [3.8, 4) is 17.2 Å². The van der Waals surface area contributed by atoms with Gasteiger partial charge in [0.25, 0.3) is 0 Å². The first-order chi connectivity index (χ1) is 15.1. The first-order valence-electron chi connectivity index (χ1n) is 9.67. The molecule has 3 aromatic rings. The van der Waals surface area contributed by atoms with Crippen molar-refractivity contribution < 1.29 is 18.3 Å². The van der Waals surface area contributed by atoms with Crippen molar-refractivity contribution >= 4 is 5.96 Å². The highest BCUT2D eigenvalue weighted by atomic mass is 19.3. The van der Waals surface area contributed by atoms with Gasteiger partial charge in [0.1, 0.15) is 24.2 Å². The van der Waals surface area contributed by atoms with Gasteiger partial charge in [-0.05, 0) is 42.8 Å². The van der Waals surface area contributed by atoms with E-state index >= 15 is 0 Å². The molecule has 0 unspecified atom stereocenters. The zero-order valence-electron chi connectivity index (χ0n) is 17.3. The lowest BCUT2D eigenvalue weighted by atomic mass is 10.2. The smallest absolute Gasteiger partial charge is 0.387 e. The Bertz CT molecular complexity index is 978. The number of ether oxygens (including phenoxy) is 2. The predicted molar refractivity (Wildman–Crippen MR) is 113 cm³/mol. The summed E-state index contributed by atoms with van der Waals surface area (Å²) in [6.07, 6.45) is 3.11. The van der Waals surface area contributed by atoms with Crippen LogP contribution in [0.1, 0.15) is 18.1 Å². The molecule has 1 aromatic heterocycles. The first-order valence-corrected chi connectivity index (χ1v) is 9.67. The Morgan fingerprint density at radius 3 is 2.61 bits per heavy atom. The van der Waals surface area contributed by atoms with E-state index in [9.17, 15) is 8.78 Å². The monoisotopic (exact) mass is 430 g/mol. The van der Waals surface area contributed by atoms with Crippen molar-refractivity contribution in [2.24, 2.45) is 4.99 Å². The zero-order valence-corrected chi connectivity index (χ0v) is 17.3. The van der Waals surface area contributed by atoms with Gasteiger partial charge in [-0.2, -0.15) is 13.9 Å². The number of methoxy groups -OCH3 is 1.